The topological polar surface area (TPSA) is 55.8 Å². The largest absolute Gasteiger partial charge is 0.479 e. The van der Waals surface area contributed by atoms with Gasteiger partial charge in [0.1, 0.15) is 0 Å². The van der Waals surface area contributed by atoms with Crippen LogP contribution in [0.3, 0.4) is 0 Å². The molecule has 2 aliphatic rings. The van der Waals surface area contributed by atoms with E-state index in [1.807, 2.05) is 0 Å². The second kappa shape index (κ2) is 4.10. The first-order valence-corrected chi connectivity index (χ1v) is 5.64. The molecule has 15 heavy (non-hydrogen) atoms. The molecule has 0 aromatic rings. The van der Waals surface area contributed by atoms with E-state index in [4.69, 9.17) is 14.6 Å². The molecule has 4 heteroatoms. The summed E-state index contributed by atoms with van der Waals surface area (Å²) in [5.41, 5.74) is 0.0289. The van der Waals surface area contributed by atoms with E-state index in [1.54, 1.807) is 6.92 Å². The quantitative estimate of drug-likeness (QED) is 0.775. The van der Waals surface area contributed by atoms with Gasteiger partial charge in [-0.1, -0.05) is 0 Å². The average Bonchev–Trinajstić information content (AvgIpc) is 2.15. The van der Waals surface area contributed by atoms with Crippen molar-refractivity contribution in [2.75, 3.05) is 6.61 Å². The van der Waals surface area contributed by atoms with Crippen molar-refractivity contribution in [2.45, 2.75) is 56.8 Å². The van der Waals surface area contributed by atoms with Gasteiger partial charge in [0.05, 0.1) is 11.7 Å². The highest BCUT2D eigenvalue weighted by Crippen LogP contribution is 2.43. The summed E-state index contributed by atoms with van der Waals surface area (Å²) in [5, 5.41) is 8.76. The van der Waals surface area contributed by atoms with Crippen LogP contribution in [-0.4, -0.2) is 35.5 Å². The summed E-state index contributed by atoms with van der Waals surface area (Å²) in [7, 11) is 0. The first-order chi connectivity index (χ1) is 7.11. The molecule has 86 valence electrons. The smallest absolute Gasteiger partial charge is 0.332 e. The van der Waals surface area contributed by atoms with Crippen LogP contribution in [0.5, 0.6) is 0 Å². The lowest BCUT2D eigenvalue weighted by molar-refractivity contribution is -0.186. The fourth-order valence-electron chi connectivity index (χ4n) is 2.37. The van der Waals surface area contributed by atoms with E-state index in [0.29, 0.717) is 6.61 Å². The summed E-state index contributed by atoms with van der Waals surface area (Å²) in [6.45, 7) is 2.29. The lowest BCUT2D eigenvalue weighted by Gasteiger charge is -2.47. The molecule has 1 unspecified atom stereocenters. The molecule has 0 amide bonds. The number of hydrogen-bond donors (Lipinski definition) is 1. The summed E-state index contributed by atoms with van der Waals surface area (Å²) in [6, 6.07) is 0. The van der Waals surface area contributed by atoms with E-state index in [2.05, 4.69) is 0 Å². The van der Waals surface area contributed by atoms with E-state index >= 15 is 0 Å². The average molecular weight is 214 g/mol. The summed E-state index contributed by atoms with van der Waals surface area (Å²) in [4.78, 5) is 10.7. The Bertz CT molecular complexity index is 247. The number of carboxylic acids is 1. The third-order valence-electron chi connectivity index (χ3n) is 3.46. The highest BCUT2D eigenvalue weighted by atomic mass is 16.5. The van der Waals surface area contributed by atoms with E-state index in [9.17, 15) is 4.79 Å². The molecule has 1 aliphatic heterocycles. The Morgan fingerprint density at radius 2 is 2.33 bits per heavy atom. The lowest BCUT2D eigenvalue weighted by atomic mass is 9.74. The predicted octanol–water partition coefficient (Wildman–Crippen LogP) is 1.58. The maximum Gasteiger partial charge on any atom is 0.332 e. The van der Waals surface area contributed by atoms with Crippen LogP contribution < -0.4 is 0 Å². The van der Waals surface area contributed by atoms with Gasteiger partial charge in [-0.3, -0.25) is 0 Å². The van der Waals surface area contributed by atoms with Gasteiger partial charge in [0.25, 0.3) is 0 Å². The minimum Gasteiger partial charge on any atom is -0.479 e. The molecule has 2 rings (SSSR count). The van der Waals surface area contributed by atoms with Gasteiger partial charge in [-0.2, -0.15) is 0 Å². The molecule has 0 radical (unpaired) electrons. The van der Waals surface area contributed by atoms with E-state index in [1.165, 1.54) is 6.42 Å². The molecule has 0 aromatic heterocycles. The molecule has 4 nitrogen and oxygen atoms in total. The second-order valence-corrected chi connectivity index (χ2v) is 4.62. The Balaban J connectivity index is 1.85. The Labute approximate surface area is 89.6 Å². The summed E-state index contributed by atoms with van der Waals surface area (Å²) in [5.74, 6) is -0.885. The highest BCUT2D eigenvalue weighted by molar-refractivity contribution is 5.71. The van der Waals surface area contributed by atoms with Crippen molar-refractivity contribution in [3.05, 3.63) is 0 Å². The zero-order chi connectivity index (χ0) is 10.9. The SMILES string of the molecule is C[C@H](OC1CCOC2(CCC2)C1)C(=O)O. The third-order valence-corrected chi connectivity index (χ3v) is 3.46. The minimum absolute atomic E-state index is 0.0289. The Hall–Kier alpha value is -0.610. The maximum atomic E-state index is 10.7. The fraction of sp³-hybridized carbons (Fsp3) is 0.909. The second-order valence-electron chi connectivity index (χ2n) is 4.62. The molecule has 1 spiro atoms. The number of carboxylic acid groups (broad SMARTS) is 1. The number of carbonyl (C=O) groups is 1. The van der Waals surface area contributed by atoms with Crippen molar-refractivity contribution in [3.8, 4) is 0 Å². The standard InChI is InChI=1S/C11H18O4/c1-8(10(12)13)15-9-3-6-14-11(7-9)4-2-5-11/h8-9H,2-7H2,1H3,(H,12,13)/t8-,9?/m0/s1. The minimum atomic E-state index is -0.885. The van der Waals surface area contributed by atoms with Crippen LogP contribution in [0.25, 0.3) is 0 Å². The van der Waals surface area contributed by atoms with Gasteiger partial charge >= 0.3 is 5.97 Å². The lowest BCUT2D eigenvalue weighted by Crippen LogP contribution is -2.48. The molecular formula is C11H18O4. The Morgan fingerprint density at radius 3 is 2.87 bits per heavy atom. The van der Waals surface area contributed by atoms with Crippen LogP contribution in [0.2, 0.25) is 0 Å². The van der Waals surface area contributed by atoms with E-state index in [-0.39, 0.29) is 11.7 Å². The van der Waals surface area contributed by atoms with Crippen molar-refractivity contribution in [2.24, 2.45) is 0 Å². The van der Waals surface area contributed by atoms with Crippen LogP contribution in [0, 0.1) is 0 Å². The van der Waals surface area contributed by atoms with E-state index < -0.39 is 12.1 Å². The Kier molecular flexibility index (Phi) is 2.98. The van der Waals surface area contributed by atoms with E-state index in [0.717, 1.165) is 25.7 Å². The summed E-state index contributed by atoms with van der Waals surface area (Å²) < 4.78 is 11.3. The number of aliphatic carboxylic acids is 1. The number of ether oxygens (including phenoxy) is 2. The van der Waals surface area contributed by atoms with Gasteiger partial charge in [-0.25, -0.2) is 4.79 Å². The van der Waals surface area contributed by atoms with Crippen molar-refractivity contribution in [1.82, 2.24) is 0 Å². The molecule has 1 saturated carbocycles. The van der Waals surface area contributed by atoms with Crippen molar-refractivity contribution >= 4 is 5.97 Å². The van der Waals surface area contributed by atoms with Gasteiger partial charge in [-0.15, -0.1) is 0 Å². The first-order valence-electron chi connectivity index (χ1n) is 5.64. The molecule has 1 N–H and O–H groups in total. The fourth-order valence-corrected chi connectivity index (χ4v) is 2.37. The highest BCUT2D eigenvalue weighted by Gasteiger charge is 2.43. The molecule has 0 aromatic carbocycles. The molecule has 1 aliphatic carbocycles. The van der Waals surface area contributed by atoms with Crippen molar-refractivity contribution in [3.63, 3.8) is 0 Å². The molecule has 1 saturated heterocycles. The van der Waals surface area contributed by atoms with Crippen LogP contribution in [0.15, 0.2) is 0 Å². The summed E-state index contributed by atoms with van der Waals surface area (Å²) in [6.07, 6.45) is 4.48. The van der Waals surface area contributed by atoms with Crippen LogP contribution in [-0.2, 0) is 14.3 Å². The van der Waals surface area contributed by atoms with Gasteiger partial charge in [0.15, 0.2) is 6.10 Å². The Morgan fingerprint density at radius 1 is 1.60 bits per heavy atom. The molecule has 2 atom stereocenters. The predicted molar refractivity (Wildman–Crippen MR) is 53.7 cm³/mol. The third kappa shape index (κ3) is 2.32. The zero-order valence-corrected chi connectivity index (χ0v) is 9.07. The molecule has 0 bridgehead atoms. The number of rotatable bonds is 3. The van der Waals surface area contributed by atoms with Gasteiger partial charge < -0.3 is 14.6 Å². The van der Waals surface area contributed by atoms with Gasteiger partial charge in [-0.05, 0) is 32.6 Å². The molecule has 2 fully saturated rings. The van der Waals surface area contributed by atoms with Crippen molar-refractivity contribution < 1.29 is 19.4 Å². The molecular weight excluding hydrogens is 196 g/mol. The molecule has 1 heterocycles. The van der Waals surface area contributed by atoms with Crippen LogP contribution in [0.1, 0.15) is 39.0 Å². The number of hydrogen-bond acceptors (Lipinski definition) is 3. The first kappa shape index (κ1) is 10.9. The van der Waals surface area contributed by atoms with Gasteiger partial charge in [0, 0.05) is 13.0 Å². The summed E-state index contributed by atoms with van der Waals surface area (Å²) >= 11 is 0. The van der Waals surface area contributed by atoms with Crippen LogP contribution in [0.4, 0.5) is 0 Å². The monoisotopic (exact) mass is 214 g/mol. The van der Waals surface area contributed by atoms with Crippen molar-refractivity contribution in [1.29, 1.82) is 0 Å². The zero-order valence-electron chi connectivity index (χ0n) is 9.07. The maximum absolute atomic E-state index is 10.7. The van der Waals surface area contributed by atoms with Crippen LogP contribution >= 0.6 is 0 Å². The normalized spacial score (nSPS) is 30.9. The van der Waals surface area contributed by atoms with Gasteiger partial charge in [0.2, 0.25) is 0 Å².